The van der Waals surface area contributed by atoms with Crippen LogP contribution < -0.4 is 10.3 Å². The standard InChI is InChI=1S/C32H31N5O2S/c1-3-28(37-30(38)10-8-26-27-15-22(17-33)7-9-29(27)40-32(26)37)23-5-4-6-24(16-23)31-34-18-25(19-35-31)39-20-21-11-13-36(2)14-12-21/h4-10,15-16,18-19,21,28H,3,11-14,20H2,1-2H3. The molecule has 202 valence electrons. The predicted octanol–water partition coefficient (Wildman–Crippen LogP) is 6.26. The van der Waals surface area contributed by atoms with E-state index in [1.54, 1.807) is 29.8 Å². The lowest BCUT2D eigenvalue weighted by molar-refractivity contribution is 0.159. The SMILES string of the molecule is CCC(c1cccc(-c2ncc(OCC3CCN(C)CC3)cn2)c1)n1c(=O)ccc2c3cc(C#N)ccc3sc21. The summed E-state index contributed by atoms with van der Waals surface area (Å²) in [7, 11) is 2.16. The average molecular weight is 550 g/mol. The van der Waals surface area contributed by atoms with E-state index < -0.39 is 0 Å². The second-order valence-corrected chi connectivity index (χ2v) is 11.6. The molecule has 3 aromatic heterocycles. The third-order valence-corrected chi connectivity index (χ3v) is 9.05. The summed E-state index contributed by atoms with van der Waals surface area (Å²) in [5, 5.41) is 11.4. The van der Waals surface area contributed by atoms with Crippen molar-refractivity contribution in [2.24, 2.45) is 5.92 Å². The number of hydrogen-bond acceptors (Lipinski definition) is 7. The molecule has 6 rings (SSSR count). The summed E-state index contributed by atoms with van der Waals surface area (Å²) in [4.78, 5) is 25.7. The van der Waals surface area contributed by atoms with E-state index in [1.165, 1.54) is 0 Å². The first-order chi connectivity index (χ1) is 19.5. The normalized spacial score (nSPS) is 15.3. The maximum absolute atomic E-state index is 13.3. The van der Waals surface area contributed by atoms with Crippen molar-refractivity contribution in [2.75, 3.05) is 26.7 Å². The Morgan fingerprint density at radius 1 is 1.07 bits per heavy atom. The van der Waals surface area contributed by atoms with E-state index in [0.29, 0.717) is 29.7 Å². The fourth-order valence-corrected chi connectivity index (χ4v) is 6.81. The van der Waals surface area contributed by atoms with E-state index in [4.69, 9.17) is 4.74 Å². The third kappa shape index (κ3) is 5.10. The van der Waals surface area contributed by atoms with Crippen LogP contribution in [-0.4, -0.2) is 46.2 Å². The smallest absolute Gasteiger partial charge is 0.252 e. The van der Waals surface area contributed by atoms with Gasteiger partial charge in [0, 0.05) is 27.1 Å². The Bertz CT molecular complexity index is 1760. The number of piperidine rings is 1. The van der Waals surface area contributed by atoms with Crippen molar-refractivity contribution in [3.05, 3.63) is 88.5 Å². The van der Waals surface area contributed by atoms with Crippen molar-refractivity contribution in [2.45, 2.75) is 32.2 Å². The summed E-state index contributed by atoms with van der Waals surface area (Å²) in [6.45, 7) is 5.02. The lowest BCUT2D eigenvalue weighted by atomic mass is 9.98. The largest absolute Gasteiger partial charge is 0.490 e. The molecule has 2 aromatic carbocycles. The molecule has 0 aliphatic carbocycles. The number of thiophene rings is 1. The van der Waals surface area contributed by atoms with Crippen molar-refractivity contribution in [1.82, 2.24) is 19.4 Å². The molecule has 1 unspecified atom stereocenters. The van der Waals surface area contributed by atoms with E-state index in [0.717, 1.165) is 63.8 Å². The zero-order valence-corrected chi connectivity index (χ0v) is 23.5. The molecule has 1 atom stereocenters. The maximum Gasteiger partial charge on any atom is 0.252 e. The van der Waals surface area contributed by atoms with E-state index in [1.807, 2.05) is 41.0 Å². The molecule has 0 saturated carbocycles. The zero-order chi connectivity index (χ0) is 27.6. The Morgan fingerprint density at radius 3 is 2.62 bits per heavy atom. The van der Waals surface area contributed by atoms with Crippen LogP contribution in [0.4, 0.5) is 0 Å². The van der Waals surface area contributed by atoms with E-state index in [2.05, 4.69) is 47.0 Å². The van der Waals surface area contributed by atoms with Gasteiger partial charge in [-0.05, 0) is 81.2 Å². The van der Waals surface area contributed by atoms with Gasteiger partial charge in [-0.2, -0.15) is 5.26 Å². The molecule has 1 aliphatic rings. The van der Waals surface area contributed by atoms with Crippen molar-refractivity contribution in [1.29, 1.82) is 5.26 Å². The molecule has 0 radical (unpaired) electrons. The molecule has 5 aromatic rings. The Kier molecular flexibility index (Phi) is 7.33. The highest BCUT2D eigenvalue weighted by Crippen LogP contribution is 2.36. The number of nitriles is 1. The highest BCUT2D eigenvalue weighted by atomic mass is 32.1. The second kappa shape index (κ2) is 11.2. The van der Waals surface area contributed by atoms with Crippen molar-refractivity contribution in [3.8, 4) is 23.2 Å². The van der Waals surface area contributed by atoms with Crippen LogP contribution >= 0.6 is 11.3 Å². The molecule has 40 heavy (non-hydrogen) atoms. The van der Waals surface area contributed by atoms with Gasteiger partial charge in [-0.1, -0.05) is 25.1 Å². The maximum atomic E-state index is 13.3. The minimum Gasteiger partial charge on any atom is -0.490 e. The monoisotopic (exact) mass is 549 g/mol. The Labute approximate surface area is 237 Å². The molecule has 0 amide bonds. The van der Waals surface area contributed by atoms with E-state index in [9.17, 15) is 10.1 Å². The number of pyridine rings is 1. The van der Waals surface area contributed by atoms with Crippen LogP contribution in [0.25, 0.3) is 31.7 Å². The van der Waals surface area contributed by atoms with Gasteiger partial charge >= 0.3 is 0 Å². The van der Waals surface area contributed by atoms with Crippen molar-refractivity contribution < 1.29 is 4.74 Å². The fraction of sp³-hybridized carbons (Fsp3) is 0.312. The number of hydrogen-bond donors (Lipinski definition) is 0. The molecular formula is C32H31N5O2S. The zero-order valence-electron chi connectivity index (χ0n) is 22.7. The van der Waals surface area contributed by atoms with Gasteiger partial charge in [-0.25, -0.2) is 9.97 Å². The first kappa shape index (κ1) is 26.2. The van der Waals surface area contributed by atoms with Crippen molar-refractivity contribution >= 4 is 31.6 Å². The fourth-order valence-electron chi connectivity index (χ4n) is 5.58. The summed E-state index contributed by atoms with van der Waals surface area (Å²) in [6.07, 6.45) is 6.54. The molecule has 8 heteroatoms. The number of benzene rings is 2. The van der Waals surface area contributed by atoms with Crippen molar-refractivity contribution in [3.63, 3.8) is 0 Å². The van der Waals surface area contributed by atoms with E-state index in [-0.39, 0.29) is 11.6 Å². The van der Waals surface area contributed by atoms with Crippen LogP contribution in [0.2, 0.25) is 0 Å². The van der Waals surface area contributed by atoms with Gasteiger partial charge in [0.2, 0.25) is 0 Å². The van der Waals surface area contributed by atoms with Gasteiger partial charge in [0.05, 0.1) is 36.7 Å². The van der Waals surface area contributed by atoms with Gasteiger partial charge in [-0.15, -0.1) is 11.3 Å². The summed E-state index contributed by atoms with van der Waals surface area (Å²) < 4.78 is 8.96. The summed E-state index contributed by atoms with van der Waals surface area (Å²) in [6, 6.07) is 19.4. The highest BCUT2D eigenvalue weighted by molar-refractivity contribution is 7.25. The summed E-state index contributed by atoms with van der Waals surface area (Å²) in [5.74, 6) is 1.88. The number of rotatable bonds is 7. The average Bonchev–Trinajstić information content (AvgIpc) is 3.36. The summed E-state index contributed by atoms with van der Waals surface area (Å²) in [5.41, 5.74) is 2.49. The highest BCUT2D eigenvalue weighted by Gasteiger charge is 2.20. The topological polar surface area (TPSA) is 84.0 Å². The number of fused-ring (bicyclic) bond motifs is 3. The Balaban J connectivity index is 1.28. The number of likely N-dealkylation sites (tertiary alicyclic amines) is 1. The van der Waals surface area contributed by atoms with Crippen LogP contribution in [0.3, 0.4) is 0 Å². The van der Waals surface area contributed by atoms with Gasteiger partial charge in [-0.3, -0.25) is 9.36 Å². The molecular weight excluding hydrogens is 518 g/mol. The first-order valence-corrected chi connectivity index (χ1v) is 14.6. The lowest BCUT2D eigenvalue weighted by Gasteiger charge is -2.28. The molecule has 1 aliphatic heterocycles. The predicted molar refractivity (Wildman–Crippen MR) is 160 cm³/mol. The molecule has 0 spiro atoms. The molecule has 1 fully saturated rings. The molecule has 7 nitrogen and oxygen atoms in total. The second-order valence-electron chi connectivity index (χ2n) is 10.5. The minimum absolute atomic E-state index is 0.0424. The van der Waals surface area contributed by atoms with Crippen LogP contribution in [0.1, 0.15) is 43.4 Å². The van der Waals surface area contributed by atoms with Crippen LogP contribution in [0.15, 0.2) is 71.8 Å². The van der Waals surface area contributed by atoms with Gasteiger partial charge < -0.3 is 9.64 Å². The van der Waals surface area contributed by atoms with Gasteiger partial charge in [0.1, 0.15) is 4.83 Å². The van der Waals surface area contributed by atoms with Crippen LogP contribution in [-0.2, 0) is 0 Å². The quantitative estimate of drug-likeness (QED) is 0.238. The number of ether oxygens (including phenoxy) is 1. The van der Waals surface area contributed by atoms with Crippen LogP contribution in [0, 0.1) is 17.2 Å². The van der Waals surface area contributed by atoms with Gasteiger partial charge in [0.15, 0.2) is 11.6 Å². The first-order valence-electron chi connectivity index (χ1n) is 13.8. The molecule has 0 N–H and O–H groups in total. The number of nitrogens with zero attached hydrogens (tertiary/aromatic N) is 5. The number of aromatic nitrogens is 3. The lowest BCUT2D eigenvalue weighted by Crippen LogP contribution is -2.32. The van der Waals surface area contributed by atoms with Crippen LogP contribution in [0.5, 0.6) is 5.75 Å². The molecule has 4 heterocycles. The molecule has 0 bridgehead atoms. The molecule has 1 saturated heterocycles. The Hall–Kier alpha value is -4.06. The Morgan fingerprint density at radius 2 is 1.88 bits per heavy atom. The summed E-state index contributed by atoms with van der Waals surface area (Å²) >= 11 is 1.59. The van der Waals surface area contributed by atoms with E-state index >= 15 is 0 Å². The third-order valence-electron chi connectivity index (χ3n) is 7.86. The minimum atomic E-state index is -0.156. The van der Waals surface area contributed by atoms with Gasteiger partial charge in [0.25, 0.3) is 5.56 Å².